The first-order valence-corrected chi connectivity index (χ1v) is 9.54. The summed E-state index contributed by atoms with van der Waals surface area (Å²) in [6.07, 6.45) is 6.03. The molecule has 4 nitrogen and oxygen atoms in total. The molecular formula is C19H15IO4. The maximum absolute atomic E-state index is 12.8. The number of rotatable bonds is 1. The van der Waals surface area contributed by atoms with Crippen molar-refractivity contribution in [2.75, 3.05) is 0 Å². The average molecular weight is 434 g/mol. The number of carbonyl (C=O) groups is 1. The van der Waals surface area contributed by atoms with Crippen LogP contribution in [0, 0.1) is 23.2 Å². The van der Waals surface area contributed by atoms with E-state index >= 15 is 0 Å². The highest BCUT2D eigenvalue weighted by molar-refractivity contribution is 14.1. The topological polar surface area (TPSA) is 55.8 Å². The molecule has 7 atom stereocenters. The lowest BCUT2D eigenvalue weighted by atomic mass is 9.53. The molecule has 4 bridgehead atoms. The fourth-order valence-electron chi connectivity index (χ4n) is 7.79. The van der Waals surface area contributed by atoms with E-state index in [4.69, 9.17) is 7.80 Å². The highest BCUT2D eigenvalue weighted by Gasteiger charge is 2.92. The second kappa shape index (κ2) is 3.43. The van der Waals surface area contributed by atoms with Crippen molar-refractivity contribution in [1.29, 1.82) is 0 Å². The number of aliphatic hydroxyl groups is 1. The van der Waals surface area contributed by atoms with Crippen LogP contribution in [-0.4, -0.2) is 22.6 Å². The summed E-state index contributed by atoms with van der Waals surface area (Å²) in [7, 11) is 0. The maximum atomic E-state index is 12.8. The van der Waals surface area contributed by atoms with E-state index < -0.39 is 17.1 Å². The van der Waals surface area contributed by atoms with Gasteiger partial charge in [-0.05, 0) is 60.8 Å². The number of hydrogen-bond donors (Lipinski definition) is 1. The van der Waals surface area contributed by atoms with Gasteiger partial charge < -0.3 is 12.9 Å². The molecule has 3 saturated carbocycles. The summed E-state index contributed by atoms with van der Waals surface area (Å²) in [6, 6.07) is 4.06. The average Bonchev–Trinajstić information content (AvgIpc) is 3.04. The van der Waals surface area contributed by atoms with Crippen LogP contribution in [0.2, 0.25) is 0 Å². The van der Waals surface area contributed by atoms with E-state index in [1.165, 1.54) is 5.56 Å². The summed E-state index contributed by atoms with van der Waals surface area (Å²) < 4.78 is 11.7. The monoisotopic (exact) mass is 434 g/mol. The highest BCUT2D eigenvalue weighted by Crippen LogP contribution is 2.89. The predicted molar refractivity (Wildman–Crippen MR) is 92.1 cm³/mol. The molecule has 6 aliphatic rings. The van der Waals surface area contributed by atoms with E-state index in [9.17, 15) is 9.90 Å². The predicted octanol–water partition coefficient (Wildman–Crippen LogP) is 2.50. The van der Waals surface area contributed by atoms with Crippen LogP contribution in [0.1, 0.15) is 24.0 Å². The first-order valence-electron chi connectivity index (χ1n) is 8.66. The number of hydrogen-bond acceptors (Lipinski definition) is 4. The molecule has 122 valence electrons. The summed E-state index contributed by atoms with van der Waals surface area (Å²) in [5.41, 5.74) is 0.742. The summed E-state index contributed by atoms with van der Waals surface area (Å²) >= 11 is 1.86. The smallest absolute Gasteiger partial charge is 0.196 e. The summed E-state index contributed by atoms with van der Waals surface area (Å²) in [5.74, 6) is 2.78. The molecule has 6 unspecified atom stereocenters. The third-order valence-electron chi connectivity index (χ3n) is 8.30. The molecule has 24 heavy (non-hydrogen) atoms. The van der Waals surface area contributed by atoms with Crippen molar-refractivity contribution in [3.05, 3.63) is 35.4 Å². The van der Waals surface area contributed by atoms with Crippen LogP contribution < -0.4 is 7.80 Å². The maximum Gasteiger partial charge on any atom is 0.196 e. The highest BCUT2D eigenvalue weighted by atomic mass is 127. The molecule has 1 aliphatic heterocycles. The van der Waals surface area contributed by atoms with Crippen molar-refractivity contribution in [2.24, 2.45) is 23.2 Å². The molecule has 1 N–H and O–H groups in total. The summed E-state index contributed by atoms with van der Waals surface area (Å²) in [5, 5.41) is 12.0. The van der Waals surface area contributed by atoms with Crippen molar-refractivity contribution >= 4 is 28.8 Å². The molecule has 5 heteroatoms. The molecule has 1 heterocycles. The van der Waals surface area contributed by atoms with E-state index in [-0.39, 0.29) is 11.2 Å². The normalized spacial score (nSPS) is 52.8. The second-order valence-electron chi connectivity index (χ2n) is 8.47. The molecule has 1 aromatic carbocycles. The van der Waals surface area contributed by atoms with Gasteiger partial charge >= 0.3 is 0 Å². The standard InChI is InChI=1S/C19H15IO4/c20-24-13-2-1-8-5-10-11-6-9-7-17(9,10)18(22)4-3-12(21)16-19(11,18)14(8)15(13)23-16/h1-4,9-11,16,22H,5-7H2/t9?,10?,11?,16?,17?,18?,19-/m0/s1. The zero-order valence-electron chi connectivity index (χ0n) is 12.8. The molecule has 0 radical (unpaired) electrons. The lowest BCUT2D eigenvalue weighted by Crippen LogP contribution is -2.64. The molecule has 5 aliphatic carbocycles. The van der Waals surface area contributed by atoms with Gasteiger partial charge in [0, 0.05) is 11.0 Å². The number of halogens is 1. The van der Waals surface area contributed by atoms with Gasteiger partial charge in [0.1, 0.15) is 5.60 Å². The van der Waals surface area contributed by atoms with Gasteiger partial charge in [-0.3, -0.25) is 4.79 Å². The van der Waals surface area contributed by atoms with Crippen molar-refractivity contribution in [3.63, 3.8) is 0 Å². The molecular weight excluding hydrogens is 419 g/mol. The molecule has 0 aromatic heterocycles. The van der Waals surface area contributed by atoms with Crippen LogP contribution in [0.15, 0.2) is 24.3 Å². The van der Waals surface area contributed by atoms with Crippen LogP contribution in [0.25, 0.3) is 0 Å². The van der Waals surface area contributed by atoms with Crippen LogP contribution in [0.3, 0.4) is 0 Å². The van der Waals surface area contributed by atoms with Gasteiger partial charge in [-0.2, -0.15) is 0 Å². The third-order valence-corrected chi connectivity index (χ3v) is 8.78. The first kappa shape index (κ1) is 13.2. The Bertz CT molecular complexity index is 909. The number of benzene rings is 1. The van der Waals surface area contributed by atoms with Gasteiger partial charge in [0.15, 0.2) is 46.4 Å². The minimum Gasteiger partial charge on any atom is -0.477 e. The molecule has 3 fully saturated rings. The number of carbonyl (C=O) groups excluding carboxylic acids is 1. The Hall–Kier alpha value is -1.08. The van der Waals surface area contributed by atoms with Gasteiger partial charge in [-0.15, -0.1) is 0 Å². The second-order valence-corrected chi connectivity index (χ2v) is 8.91. The fourth-order valence-corrected chi connectivity index (χ4v) is 8.14. The van der Waals surface area contributed by atoms with E-state index in [1.54, 1.807) is 6.08 Å². The minimum absolute atomic E-state index is 0.0111. The van der Waals surface area contributed by atoms with Gasteiger partial charge in [0.05, 0.1) is 5.41 Å². The van der Waals surface area contributed by atoms with Crippen LogP contribution in [0.5, 0.6) is 11.5 Å². The molecule has 1 aromatic rings. The van der Waals surface area contributed by atoms with Gasteiger partial charge in [-0.1, -0.05) is 6.07 Å². The molecule has 2 spiro atoms. The molecule has 7 rings (SSSR count). The van der Waals surface area contributed by atoms with Crippen LogP contribution in [0.4, 0.5) is 0 Å². The van der Waals surface area contributed by atoms with Crippen molar-refractivity contribution < 1.29 is 17.7 Å². The minimum atomic E-state index is -0.947. The Labute approximate surface area is 152 Å². The van der Waals surface area contributed by atoms with Crippen LogP contribution in [-0.2, 0) is 16.6 Å². The summed E-state index contributed by atoms with van der Waals surface area (Å²) in [4.78, 5) is 12.8. The Morgan fingerprint density at radius 2 is 2.21 bits per heavy atom. The Kier molecular flexibility index (Phi) is 1.88. The van der Waals surface area contributed by atoms with Crippen LogP contribution >= 0.6 is 23.0 Å². The quantitative estimate of drug-likeness (QED) is 0.691. The van der Waals surface area contributed by atoms with Gasteiger partial charge in [-0.25, -0.2) is 0 Å². The van der Waals surface area contributed by atoms with Gasteiger partial charge in [0.25, 0.3) is 0 Å². The van der Waals surface area contributed by atoms with Gasteiger partial charge in [0.2, 0.25) is 0 Å². The SMILES string of the molecule is O=C1C=CC2(O)C34CC3CC3C4Cc4ccc(OI)c5c4[C@]32C1O5. The zero-order valence-corrected chi connectivity index (χ0v) is 14.9. The van der Waals surface area contributed by atoms with E-state index in [0.29, 0.717) is 29.3 Å². The zero-order chi connectivity index (χ0) is 16.1. The first-order chi connectivity index (χ1) is 11.6. The Balaban J connectivity index is 1.66. The lowest BCUT2D eigenvalue weighted by molar-refractivity contribution is -0.137. The van der Waals surface area contributed by atoms with E-state index in [1.807, 2.05) is 35.1 Å². The number of ether oxygens (including phenoxy) is 1. The molecule has 0 saturated heterocycles. The largest absolute Gasteiger partial charge is 0.477 e. The van der Waals surface area contributed by atoms with Crippen molar-refractivity contribution in [1.82, 2.24) is 0 Å². The Morgan fingerprint density at radius 3 is 3.04 bits per heavy atom. The lowest BCUT2D eigenvalue weighted by Gasteiger charge is -2.50. The van der Waals surface area contributed by atoms with Crippen molar-refractivity contribution in [3.8, 4) is 11.5 Å². The summed E-state index contributed by atoms with van der Waals surface area (Å²) in [6.45, 7) is 0. The van der Waals surface area contributed by atoms with E-state index in [0.717, 1.165) is 24.8 Å². The Morgan fingerprint density at radius 1 is 1.33 bits per heavy atom. The fraction of sp³-hybridized carbons (Fsp3) is 0.526. The number of ketones is 1. The molecule has 0 amide bonds. The third kappa shape index (κ3) is 0.921. The van der Waals surface area contributed by atoms with E-state index in [2.05, 4.69) is 6.07 Å². The van der Waals surface area contributed by atoms with Crippen molar-refractivity contribution in [2.45, 2.75) is 36.4 Å².